The zero-order chi connectivity index (χ0) is 17.2. The Balaban J connectivity index is 2.10. The summed E-state index contributed by atoms with van der Waals surface area (Å²) in [5, 5.41) is 0. The first kappa shape index (κ1) is 15.1. The van der Waals surface area contributed by atoms with Gasteiger partial charge >= 0.3 is 5.69 Å². The second kappa shape index (κ2) is 4.75. The van der Waals surface area contributed by atoms with Crippen LogP contribution in [-0.4, -0.2) is 21.3 Å². The summed E-state index contributed by atoms with van der Waals surface area (Å²) in [4.78, 5) is 25.2. The van der Waals surface area contributed by atoms with Crippen molar-refractivity contribution in [3.05, 3.63) is 56.2 Å². The molecular formula is C18H20N2O4. The highest BCUT2D eigenvalue weighted by Gasteiger charge is 2.50. The van der Waals surface area contributed by atoms with Gasteiger partial charge in [-0.25, -0.2) is 4.79 Å². The van der Waals surface area contributed by atoms with Crippen LogP contribution in [0.3, 0.4) is 0 Å². The molecule has 2 atom stereocenters. The minimum atomic E-state index is -0.554. The largest absolute Gasteiger partial charge is 0.493 e. The van der Waals surface area contributed by atoms with E-state index in [4.69, 9.17) is 9.47 Å². The molecule has 0 aliphatic carbocycles. The van der Waals surface area contributed by atoms with E-state index in [-0.39, 0.29) is 23.1 Å². The molecule has 0 amide bonds. The van der Waals surface area contributed by atoms with Crippen molar-refractivity contribution in [1.29, 1.82) is 0 Å². The van der Waals surface area contributed by atoms with E-state index in [2.05, 4.69) is 0 Å². The lowest BCUT2D eigenvalue weighted by atomic mass is 9.71. The Bertz CT molecular complexity index is 954. The average molecular weight is 328 g/mol. The molecule has 0 fully saturated rings. The zero-order valence-corrected chi connectivity index (χ0v) is 14.2. The average Bonchev–Trinajstić information content (AvgIpc) is 2.57. The summed E-state index contributed by atoms with van der Waals surface area (Å²) in [6.45, 7) is 4.43. The maximum absolute atomic E-state index is 12.9. The van der Waals surface area contributed by atoms with Crippen molar-refractivity contribution >= 4 is 0 Å². The molecule has 1 aromatic carbocycles. The number of benzene rings is 1. The number of aromatic nitrogens is 2. The normalized spacial score (nSPS) is 23.3. The summed E-state index contributed by atoms with van der Waals surface area (Å²) in [5.74, 6) is 0.994. The van der Waals surface area contributed by atoms with Crippen LogP contribution in [0.2, 0.25) is 0 Å². The number of nitrogens with zero attached hydrogens (tertiary/aromatic N) is 2. The molecule has 2 aliphatic heterocycles. The van der Waals surface area contributed by atoms with Crippen LogP contribution in [-0.2, 0) is 14.1 Å². The van der Waals surface area contributed by atoms with E-state index in [0.29, 0.717) is 18.1 Å². The third-order valence-corrected chi connectivity index (χ3v) is 5.28. The fraction of sp³-hybridized carbons (Fsp3) is 0.444. The molecule has 0 N–H and O–H groups in total. The standard InChI is InChI=1S/C18H20N2O4/c1-18(2)11-9-23-12-8-6-5-7-10(12)13(11)14-15(21)19(3)17(22)20(4)16(14)24-18/h5-8,11,13H,9H2,1-4H3/t11-,13-/m0/s1. The Morgan fingerprint density at radius 2 is 1.83 bits per heavy atom. The predicted molar refractivity (Wildman–Crippen MR) is 88.9 cm³/mol. The summed E-state index contributed by atoms with van der Waals surface area (Å²) < 4.78 is 14.6. The van der Waals surface area contributed by atoms with Gasteiger partial charge in [-0.1, -0.05) is 18.2 Å². The second-order valence-corrected chi connectivity index (χ2v) is 7.06. The molecule has 24 heavy (non-hydrogen) atoms. The molecule has 6 heteroatoms. The van der Waals surface area contributed by atoms with E-state index in [1.165, 1.54) is 11.6 Å². The lowest BCUT2D eigenvalue weighted by molar-refractivity contribution is -0.0220. The highest BCUT2D eigenvalue weighted by atomic mass is 16.5. The van der Waals surface area contributed by atoms with Crippen LogP contribution in [0.25, 0.3) is 0 Å². The molecule has 0 saturated heterocycles. The number of para-hydroxylation sites is 1. The van der Waals surface area contributed by atoms with E-state index in [1.54, 1.807) is 7.05 Å². The van der Waals surface area contributed by atoms with Crippen LogP contribution in [0.5, 0.6) is 11.6 Å². The molecule has 0 unspecified atom stereocenters. The van der Waals surface area contributed by atoms with Gasteiger partial charge < -0.3 is 9.47 Å². The quantitative estimate of drug-likeness (QED) is 0.733. The van der Waals surface area contributed by atoms with Crippen molar-refractivity contribution in [2.45, 2.75) is 25.4 Å². The minimum Gasteiger partial charge on any atom is -0.493 e. The van der Waals surface area contributed by atoms with Gasteiger partial charge in [0.15, 0.2) is 0 Å². The predicted octanol–water partition coefficient (Wildman–Crippen LogP) is 1.40. The molecule has 0 bridgehead atoms. The Morgan fingerprint density at radius 1 is 1.12 bits per heavy atom. The molecule has 0 saturated carbocycles. The highest BCUT2D eigenvalue weighted by Crippen LogP contribution is 2.50. The maximum atomic E-state index is 12.9. The summed E-state index contributed by atoms with van der Waals surface area (Å²) in [6, 6.07) is 7.77. The minimum absolute atomic E-state index is 0.00916. The topological polar surface area (TPSA) is 62.5 Å². The second-order valence-electron chi connectivity index (χ2n) is 7.06. The molecule has 3 heterocycles. The molecule has 0 spiro atoms. The smallest absolute Gasteiger partial charge is 0.333 e. The number of hydrogen-bond acceptors (Lipinski definition) is 4. The maximum Gasteiger partial charge on any atom is 0.333 e. The number of rotatable bonds is 0. The van der Waals surface area contributed by atoms with Gasteiger partial charge in [-0.3, -0.25) is 13.9 Å². The van der Waals surface area contributed by atoms with Crippen molar-refractivity contribution < 1.29 is 9.47 Å². The highest BCUT2D eigenvalue weighted by molar-refractivity contribution is 5.48. The van der Waals surface area contributed by atoms with E-state index in [0.717, 1.165) is 15.9 Å². The third-order valence-electron chi connectivity index (χ3n) is 5.28. The van der Waals surface area contributed by atoms with E-state index >= 15 is 0 Å². The van der Waals surface area contributed by atoms with Crippen LogP contribution in [0.15, 0.2) is 33.9 Å². The Morgan fingerprint density at radius 3 is 2.58 bits per heavy atom. The molecule has 2 aliphatic rings. The van der Waals surface area contributed by atoms with Gasteiger partial charge in [0.05, 0.1) is 12.2 Å². The van der Waals surface area contributed by atoms with Crippen molar-refractivity contribution in [2.24, 2.45) is 20.0 Å². The van der Waals surface area contributed by atoms with Gasteiger partial charge in [0, 0.05) is 31.5 Å². The first-order valence-corrected chi connectivity index (χ1v) is 8.03. The summed E-state index contributed by atoms with van der Waals surface area (Å²) >= 11 is 0. The monoisotopic (exact) mass is 328 g/mol. The fourth-order valence-corrected chi connectivity index (χ4v) is 3.89. The molecule has 4 rings (SSSR count). The van der Waals surface area contributed by atoms with Crippen LogP contribution in [0.1, 0.15) is 30.9 Å². The van der Waals surface area contributed by atoms with Gasteiger partial charge in [0.25, 0.3) is 5.56 Å². The van der Waals surface area contributed by atoms with E-state index in [9.17, 15) is 9.59 Å². The van der Waals surface area contributed by atoms with Crippen LogP contribution < -0.4 is 20.7 Å². The van der Waals surface area contributed by atoms with Gasteiger partial charge in [0.2, 0.25) is 5.88 Å². The van der Waals surface area contributed by atoms with Crippen LogP contribution >= 0.6 is 0 Å². The van der Waals surface area contributed by atoms with Gasteiger partial charge in [-0.2, -0.15) is 0 Å². The van der Waals surface area contributed by atoms with Crippen molar-refractivity contribution in [3.8, 4) is 11.6 Å². The van der Waals surface area contributed by atoms with Crippen LogP contribution in [0, 0.1) is 5.92 Å². The molecule has 2 aromatic rings. The Hall–Kier alpha value is -2.50. The number of fused-ring (bicyclic) bond motifs is 5. The molecule has 1 aromatic heterocycles. The molecule has 6 nitrogen and oxygen atoms in total. The lowest BCUT2D eigenvalue weighted by Gasteiger charge is -2.47. The summed E-state index contributed by atoms with van der Waals surface area (Å²) in [7, 11) is 3.15. The molecular weight excluding hydrogens is 308 g/mol. The van der Waals surface area contributed by atoms with Crippen molar-refractivity contribution in [1.82, 2.24) is 9.13 Å². The zero-order valence-electron chi connectivity index (χ0n) is 14.2. The molecule has 0 radical (unpaired) electrons. The fourth-order valence-electron chi connectivity index (χ4n) is 3.89. The SMILES string of the molecule is Cn1c2c(c(=O)n(C)c1=O)[C@H]1c3ccccc3OC[C@@H]1C(C)(C)O2. The van der Waals surface area contributed by atoms with Gasteiger partial charge in [-0.05, 0) is 19.9 Å². The Labute approximate surface area is 139 Å². The van der Waals surface area contributed by atoms with E-state index in [1.807, 2.05) is 38.1 Å². The summed E-state index contributed by atoms with van der Waals surface area (Å²) in [5.41, 5.74) is 0.285. The van der Waals surface area contributed by atoms with Crippen molar-refractivity contribution in [2.75, 3.05) is 6.61 Å². The first-order chi connectivity index (χ1) is 11.3. The van der Waals surface area contributed by atoms with Gasteiger partial charge in [0.1, 0.15) is 11.4 Å². The summed E-state index contributed by atoms with van der Waals surface area (Å²) in [6.07, 6.45) is 0. The number of hydrogen-bond donors (Lipinski definition) is 0. The van der Waals surface area contributed by atoms with Gasteiger partial charge in [-0.15, -0.1) is 0 Å². The molecule has 126 valence electrons. The van der Waals surface area contributed by atoms with Crippen molar-refractivity contribution in [3.63, 3.8) is 0 Å². The van der Waals surface area contributed by atoms with E-state index < -0.39 is 5.60 Å². The Kier molecular flexibility index (Phi) is 2.98. The number of ether oxygens (including phenoxy) is 2. The van der Waals surface area contributed by atoms with Crippen LogP contribution in [0.4, 0.5) is 0 Å². The third kappa shape index (κ3) is 1.82. The lowest BCUT2D eigenvalue weighted by Crippen LogP contribution is -2.54. The first-order valence-electron chi connectivity index (χ1n) is 8.03.